The van der Waals surface area contributed by atoms with E-state index < -0.39 is 0 Å². The van der Waals surface area contributed by atoms with Crippen molar-refractivity contribution in [2.45, 2.75) is 15.5 Å². The fourth-order valence-electron chi connectivity index (χ4n) is 1.41. The molecule has 17 heavy (non-hydrogen) atoms. The summed E-state index contributed by atoms with van der Waals surface area (Å²) in [6, 6.07) is 13.3. The molecule has 0 aliphatic heterocycles. The van der Waals surface area contributed by atoms with Gasteiger partial charge in [-0.2, -0.15) is 0 Å². The van der Waals surface area contributed by atoms with Crippen molar-refractivity contribution in [2.24, 2.45) is 0 Å². The van der Waals surface area contributed by atoms with Gasteiger partial charge in [0.15, 0.2) is 5.82 Å². The lowest BCUT2D eigenvalue weighted by Crippen LogP contribution is -1.92. The molecule has 2 N–H and O–H groups in total. The maximum atomic E-state index is 13.8. The van der Waals surface area contributed by atoms with Gasteiger partial charge < -0.3 is 5.73 Å². The molecule has 2 aromatic rings. The van der Waals surface area contributed by atoms with Gasteiger partial charge in [-0.3, -0.25) is 0 Å². The van der Waals surface area contributed by atoms with Crippen molar-refractivity contribution in [2.75, 3.05) is 5.73 Å². The summed E-state index contributed by atoms with van der Waals surface area (Å²) < 4.78 is 13.8. The molecule has 0 saturated carbocycles. The van der Waals surface area contributed by atoms with Gasteiger partial charge in [0.05, 0.1) is 4.90 Å². The Kier molecular flexibility index (Phi) is 3.97. The number of thioether (sulfide) groups is 1. The molecule has 0 aromatic heterocycles. The Labute approximate surface area is 110 Å². The van der Waals surface area contributed by atoms with E-state index in [4.69, 9.17) is 5.73 Å². The third-order valence-corrected chi connectivity index (χ3v) is 3.91. The largest absolute Gasteiger partial charge is 0.398 e. The molecule has 0 fully saturated rings. The highest BCUT2D eigenvalue weighted by atomic mass is 32.2. The van der Waals surface area contributed by atoms with Crippen molar-refractivity contribution < 1.29 is 4.39 Å². The van der Waals surface area contributed by atoms with E-state index in [9.17, 15) is 4.39 Å². The molecule has 88 valence electrons. The van der Waals surface area contributed by atoms with Gasteiger partial charge in [0.25, 0.3) is 0 Å². The van der Waals surface area contributed by atoms with Crippen LogP contribution in [0.1, 0.15) is 5.56 Å². The molecular weight excluding hydrogens is 253 g/mol. The lowest BCUT2D eigenvalue weighted by molar-refractivity contribution is 0.577. The Morgan fingerprint density at radius 1 is 1.12 bits per heavy atom. The molecule has 0 atom stereocenters. The molecule has 0 amide bonds. The number of benzene rings is 2. The second-order valence-electron chi connectivity index (χ2n) is 3.59. The second kappa shape index (κ2) is 5.47. The number of rotatable bonds is 3. The molecule has 0 spiro atoms. The maximum Gasteiger partial charge on any atom is 0.152 e. The average molecular weight is 265 g/mol. The standard InChI is InChI=1S/C13H12FNS2/c14-12-11(7-6-10(15)13(12)16)17-8-9-4-2-1-3-5-9/h1-7,16H,8,15H2. The highest BCUT2D eigenvalue weighted by Crippen LogP contribution is 2.31. The van der Waals surface area contributed by atoms with Crippen LogP contribution in [-0.4, -0.2) is 0 Å². The van der Waals surface area contributed by atoms with Crippen LogP contribution in [0.25, 0.3) is 0 Å². The van der Waals surface area contributed by atoms with Gasteiger partial charge in [-0.1, -0.05) is 30.3 Å². The van der Waals surface area contributed by atoms with Gasteiger partial charge in [0.2, 0.25) is 0 Å². The van der Waals surface area contributed by atoms with E-state index in [1.54, 1.807) is 12.1 Å². The number of thiol groups is 1. The van der Waals surface area contributed by atoms with Crippen LogP contribution in [-0.2, 0) is 5.75 Å². The third-order valence-electron chi connectivity index (χ3n) is 2.35. The highest BCUT2D eigenvalue weighted by molar-refractivity contribution is 7.98. The van der Waals surface area contributed by atoms with Crippen LogP contribution in [0.15, 0.2) is 52.3 Å². The third kappa shape index (κ3) is 2.96. The van der Waals surface area contributed by atoms with Gasteiger partial charge in [-0.25, -0.2) is 4.39 Å². The predicted molar refractivity (Wildman–Crippen MR) is 74.1 cm³/mol. The first-order chi connectivity index (χ1) is 8.18. The zero-order chi connectivity index (χ0) is 12.3. The van der Waals surface area contributed by atoms with E-state index in [-0.39, 0.29) is 10.7 Å². The van der Waals surface area contributed by atoms with Crippen LogP contribution in [0.5, 0.6) is 0 Å². The lowest BCUT2D eigenvalue weighted by Gasteiger charge is -2.07. The number of hydrogen-bond donors (Lipinski definition) is 2. The molecule has 0 heterocycles. The quantitative estimate of drug-likeness (QED) is 0.498. The first-order valence-electron chi connectivity index (χ1n) is 5.12. The van der Waals surface area contributed by atoms with E-state index in [1.807, 2.05) is 30.3 Å². The molecule has 0 unspecified atom stereocenters. The Morgan fingerprint density at radius 3 is 2.53 bits per heavy atom. The average Bonchev–Trinajstić information content (AvgIpc) is 2.36. The molecule has 0 aliphatic carbocycles. The fourth-order valence-corrected chi connectivity index (χ4v) is 2.59. The van der Waals surface area contributed by atoms with Crippen LogP contribution in [0.4, 0.5) is 10.1 Å². The van der Waals surface area contributed by atoms with E-state index in [0.717, 1.165) is 11.3 Å². The van der Waals surface area contributed by atoms with E-state index in [2.05, 4.69) is 12.6 Å². The summed E-state index contributed by atoms with van der Waals surface area (Å²) in [6.07, 6.45) is 0. The van der Waals surface area contributed by atoms with Crippen molar-refractivity contribution >= 4 is 30.1 Å². The molecule has 0 radical (unpaired) electrons. The first kappa shape index (κ1) is 12.3. The SMILES string of the molecule is Nc1ccc(SCc2ccccc2)c(F)c1S. The first-order valence-corrected chi connectivity index (χ1v) is 6.55. The number of halogens is 1. The Bertz CT molecular complexity index is 514. The van der Waals surface area contributed by atoms with Crippen LogP contribution in [0.2, 0.25) is 0 Å². The minimum atomic E-state index is -0.339. The molecule has 4 heteroatoms. The van der Waals surface area contributed by atoms with E-state index >= 15 is 0 Å². The Balaban J connectivity index is 2.13. The molecular formula is C13H12FNS2. The fraction of sp³-hybridized carbons (Fsp3) is 0.0769. The molecule has 2 rings (SSSR count). The summed E-state index contributed by atoms with van der Waals surface area (Å²) in [5.41, 5.74) is 7.10. The monoisotopic (exact) mass is 265 g/mol. The van der Waals surface area contributed by atoms with Crippen molar-refractivity contribution in [1.29, 1.82) is 0 Å². The zero-order valence-corrected chi connectivity index (χ0v) is 10.8. The Morgan fingerprint density at radius 2 is 1.82 bits per heavy atom. The molecule has 0 saturated heterocycles. The summed E-state index contributed by atoms with van der Waals surface area (Å²) in [4.78, 5) is 0.802. The number of nitrogen functional groups attached to an aromatic ring is 1. The summed E-state index contributed by atoms with van der Waals surface area (Å²) in [5, 5.41) is 0. The van der Waals surface area contributed by atoms with Crippen LogP contribution in [0, 0.1) is 5.82 Å². The van der Waals surface area contributed by atoms with Gasteiger partial charge in [-0.05, 0) is 17.7 Å². The second-order valence-corrected chi connectivity index (χ2v) is 5.05. The molecule has 2 aromatic carbocycles. The van der Waals surface area contributed by atoms with Crippen LogP contribution < -0.4 is 5.73 Å². The summed E-state index contributed by atoms with van der Waals surface area (Å²) >= 11 is 5.49. The summed E-state index contributed by atoms with van der Waals surface area (Å²) in [6.45, 7) is 0. The van der Waals surface area contributed by atoms with Crippen LogP contribution in [0.3, 0.4) is 0 Å². The maximum absolute atomic E-state index is 13.8. The minimum absolute atomic E-state index is 0.225. The number of nitrogens with two attached hydrogens (primary N) is 1. The zero-order valence-electron chi connectivity index (χ0n) is 9.06. The van der Waals surface area contributed by atoms with Gasteiger partial charge in [0, 0.05) is 16.3 Å². The van der Waals surface area contributed by atoms with Crippen molar-refractivity contribution in [3.8, 4) is 0 Å². The lowest BCUT2D eigenvalue weighted by atomic mass is 10.2. The highest BCUT2D eigenvalue weighted by Gasteiger charge is 2.09. The van der Waals surface area contributed by atoms with Gasteiger partial charge in [0.1, 0.15) is 0 Å². The number of hydrogen-bond acceptors (Lipinski definition) is 3. The van der Waals surface area contributed by atoms with Gasteiger partial charge in [-0.15, -0.1) is 24.4 Å². The van der Waals surface area contributed by atoms with Gasteiger partial charge >= 0.3 is 0 Å². The Hall–Kier alpha value is -1.13. The normalized spacial score (nSPS) is 10.5. The smallest absolute Gasteiger partial charge is 0.152 e. The minimum Gasteiger partial charge on any atom is -0.398 e. The molecule has 0 bridgehead atoms. The predicted octanol–water partition coefficient (Wildman–Crippen LogP) is 3.99. The van der Waals surface area contributed by atoms with E-state index in [0.29, 0.717) is 10.6 Å². The molecule has 1 nitrogen and oxygen atoms in total. The topological polar surface area (TPSA) is 26.0 Å². The molecule has 0 aliphatic rings. The van der Waals surface area contributed by atoms with E-state index in [1.165, 1.54) is 11.8 Å². The van der Waals surface area contributed by atoms with Crippen molar-refractivity contribution in [3.63, 3.8) is 0 Å². The summed E-state index contributed by atoms with van der Waals surface area (Å²) in [5.74, 6) is 0.392. The van der Waals surface area contributed by atoms with Crippen molar-refractivity contribution in [1.82, 2.24) is 0 Å². The number of anilines is 1. The summed E-state index contributed by atoms with van der Waals surface area (Å²) in [7, 11) is 0. The van der Waals surface area contributed by atoms with Crippen LogP contribution >= 0.6 is 24.4 Å². The van der Waals surface area contributed by atoms with Crippen molar-refractivity contribution in [3.05, 3.63) is 53.8 Å².